The van der Waals surface area contributed by atoms with Crippen LogP contribution in [0, 0.1) is 13.8 Å². The summed E-state index contributed by atoms with van der Waals surface area (Å²) in [5.74, 6) is 0. The third-order valence-electron chi connectivity index (χ3n) is 2.88. The fourth-order valence-electron chi connectivity index (χ4n) is 1.74. The number of benzene rings is 1. The molecule has 1 aromatic heterocycles. The second-order valence-corrected chi connectivity index (χ2v) is 4.30. The van der Waals surface area contributed by atoms with E-state index < -0.39 is 0 Å². The van der Waals surface area contributed by atoms with Crippen molar-refractivity contribution in [2.45, 2.75) is 26.9 Å². The van der Waals surface area contributed by atoms with Gasteiger partial charge in [0.2, 0.25) is 0 Å². The highest BCUT2D eigenvalue weighted by atomic mass is 15.4. The van der Waals surface area contributed by atoms with Crippen LogP contribution in [0.5, 0.6) is 0 Å². The van der Waals surface area contributed by atoms with Crippen LogP contribution >= 0.6 is 0 Å². The van der Waals surface area contributed by atoms with Gasteiger partial charge in [-0.1, -0.05) is 35.0 Å². The number of rotatable bonds is 4. The number of nitrogens with one attached hydrogen (secondary N) is 1. The molecule has 1 N–H and O–H groups in total. The second kappa shape index (κ2) is 5.10. The van der Waals surface area contributed by atoms with Crippen LogP contribution in [0.15, 0.2) is 24.3 Å². The lowest BCUT2D eigenvalue weighted by molar-refractivity contribution is 0.633. The zero-order valence-electron chi connectivity index (χ0n) is 10.6. The molecule has 0 aliphatic carbocycles. The summed E-state index contributed by atoms with van der Waals surface area (Å²) in [4.78, 5) is 0. The van der Waals surface area contributed by atoms with Crippen LogP contribution < -0.4 is 5.32 Å². The van der Waals surface area contributed by atoms with Crippen molar-refractivity contribution in [3.05, 3.63) is 46.8 Å². The van der Waals surface area contributed by atoms with E-state index in [0.717, 1.165) is 24.5 Å². The fraction of sp³-hybridized carbons (Fsp3) is 0.385. The van der Waals surface area contributed by atoms with Gasteiger partial charge in [0.05, 0.1) is 17.9 Å². The summed E-state index contributed by atoms with van der Waals surface area (Å²) in [7, 11) is 1.92. The first-order chi connectivity index (χ1) is 8.20. The Labute approximate surface area is 102 Å². The Morgan fingerprint density at radius 3 is 2.53 bits per heavy atom. The second-order valence-electron chi connectivity index (χ2n) is 4.30. The normalized spacial score (nSPS) is 10.8. The van der Waals surface area contributed by atoms with Crippen LogP contribution in [0.3, 0.4) is 0 Å². The van der Waals surface area contributed by atoms with Crippen LogP contribution in [0.1, 0.15) is 22.5 Å². The molecule has 0 saturated carbocycles. The number of aryl methyl sites for hydroxylation is 1. The van der Waals surface area contributed by atoms with Gasteiger partial charge in [0, 0.05) is 6.54 Å². The van der Waals surface area contributed by atoms with Crippen molar-refractivity contribution in [1.29, 1.82) is 0 Å². The molecule has 90 valence electrons. The molecule has 1 aromatic carbocycles. The van der Waals surface area contributed by atoms with E-state index in [2.05, 4.69) is 53.7 Å². The van der Waals surface area contributed by atoms with Gasteiger partial charge < -0.3 is 5.32 Å². The molecule has 4 heteroatoms. The smallest absolute Gasteiger partial charge is 0.0993 e. The molecule has 2 rings (SSSR count). The number of nitrogens with zero attached hydrogens (tertiary/aromatic N) is 3. The van der Waals surface area contributed by atoms with Crippen molar-refractivity contribution >= 4 is 0 Å². The van der Waals surface area contributed by atoms with E-state index in [1.807, 2.05) is 11.7 Å². The number of hydrogen-bond acceptors (Lipinski definition) is 3. The molecule has 0 unspecified atom stereocenters. The summed E-state index contributed by atoms with van der Waals surface area (Å²) in [5.41, 5.74) is 4.67. The van der Waals surface area contributed by atoms with E-state index in [4.69, 9.17) is 0 Å². The number of aromatic nitrogens is 3. The summed E-state index contributed by atoms with van der Waals surface area (Å²) in [5, 5.41) is 11.4. The average Bonchev–Trinajstić information content (AvgIpc) is 2.65. The molecule has 0 atom stereocenters. The van der Waals surface area contributed by atoms with Crippen LogP contribution in [0.2, 0.25) is 0 Å². The Balaban J connectivity index is 2.16. The molecule has 0 aliphatic rings. The molecule has 4 nitrogen and oxygen atoms in total. The molecule has 0 spiro atoms. The first-order valence-corrected chi connectivity index (χ1v) is 5.80. The number of hydrogen-bond donors (Lipinski definition) is 1. The third kappa shape index (κ3) is 2.71. The van der Waals surface area contributed by atoms with Gasteiger partial charge in [-0.3, -0.25) is 0 Å². The monoisotopic (exact) mass is 230 g/mol. The standard InChI is InChI=1S/C13H18N4/c1-10-4-6-12(7-5-10)9-17-11(2)13(8-14-3)15-16-17/h4-7,14H,8-9H2,1-3H3. The zero-order valence-corrected chi connectivity index (χ0v) is 10.6. The quantitative estimate of drug-likeness (QED) is 0.868. The lowest BCUT2D eigenvalue weighted by atomic mass is 10.1. The first-order valence-electron chi connectivity index (χ1n) is 5.80. The van der Waals surface area contributed by atoms with Crippen LogP contribution in [0.4, 0.5) is 0 Å². The Kier molecular flexibility index (Phi) is 3.54. The minimum atomic E-state index is 0.764. The van der Waals surface area contributed by atoms with Gasteiger partial charge in [0.1, 0.15) is 0 Å². The Hall–Kier alpha value is -1.68. The predicted octanol–water partition coefficient (Wildman–Crippen LogP) is 1.66. The van der Waals surface area contributed by atoms with E-state index in [0.29, 0.717) is 0 Å². The summed E-state index contributed by atoms with van der Waals surface area (Å²) in [6.45, 7) is 5.69. The van der Waals surface area contributed by atoms with Crippen LogP contribution in [-0.2, 0) is 13.1 Å². The van der Waals surface area contributed by atoms with Gasteiger partial charge in [-0.05, 0) is 26.5 Å². The average molecular weight is 230 g/mol. The molecular formula is C13H18N4. The minimum Gasteiger partial charge on any atom is -0.314 e. The Morgan fingerprint density at radius 1 is 1.18 bits per heavy atom. The lowest BCUT2D eigenvalue weighted by Crippen LogP contribution is -2.08. The van der Waals surface area contributed by atoms with E-state index in [1.165, 1.54) is 11.1 Å². The Bertz CT molecular complexity index is 485. The third-order valence-corrected chi connectivity index (χ3v) is 2.88. The molecule has 0 radical (unpaired) electrons. The van der Waals surface area contributed by atoms with Crippen LogP contribution in [-0.4, -0.2) is 22.0 Å². The highest BCUT2D eigenvalue weighted by molar-refractivity contribution is 5.22. The fourth-order valence-corrected chi connectivity index (χ4v) is 1.74. The van der Waals surface area contributed by atoms with Crippen molar-refractivity contribution in [3.63, 3.8) is 0 Å². The van der Waals surface area contributed by atoms with Crippen molar-refractivity contribution < 1.29 is 0 Å². The van der Waals surface area contributed by atoms with E-state index in [-0.39, 0.29) is 0 Å². The summed E-state index contributed by atoms with van der Waals surface area (Å²) >= 11 is 0. The minimum absolute atomic E-state index is 0.764. The molecule has 0 fully saturated rings. The molecule has 0 aliphatic heterocycles. The molecule has 0 bridgehead atoms. The van der Waals surface area contributed by atoms with Crippen molar-refractivity contribution in [1.82, 2.24) is 20.3 Å². The molecule has 2 aromatic rings. The van der Waals surface area contributed by atoms with Crippen molar-refractivity contribution in [3.8, 4) is 0 Å². The van der Waals surface area contributed by atoms with Crippen LogP contribution in [0.25, 0.3) is 0 Å². The van der Waals surface area contributed by atoms with E-state index >= 15 is 0 Å². The van der Waals surface area contributed by atoms with Crippen molar-refractivity contribution in [2.75, 3.05) is 7.05 Å². The Morgan fingerprint density at radius 2 is 1.88 bits per heavy atom. The highest BCUT2D eigenvalue weighted by Crippen LogP contribution is 2.08. The molecular weight excluding hydrogens is 212 g/mol. The maximum absolute atomic E-state index is 4.18. The zero-order chi connectivity index (χ0) is 12.3. The maximum atomic E-state index is 4.18. The van der Waals surface area contributed by atoms with E-state index in [1.54, 1.807) is 0 Å². The molecule has 1 heterocycles. The lowest BCUT2D eigenvalue weighted by Gasteiger charge is -2.04. The van der Waals surface area contributed by atoms with Gasteiger partial charge >= 0.3 is 0 Å². The van der Waals surface area contributed by atoms with Gasteiger partial charge in [0.25, 0.3) is 0 Å². The SMILES string of the molecule is CNCc1nnn(Cc2ccc(C)cc2)c1C. The highest BCUT2D eigenvalue weighted by Gasteiger charge is 2.07. The molecule has 0 saturated heterocycles. The van der Waals surface area contributed by atoms with Gasteiger partial charge in [0.15, 0.2) is 0 Å². The van der Waals surface area contributed by atoms with Crippen molar-refractivity contribution in [2.24, 2.45) is 0 Å². The topological polar surface area (TPSA) is 42.7 Å². The molecule has 17 heavy (non-hydrogen) atoms. The summed E-state index contributed by atoms with van der Waals surface area (Å²) in [6.07, 6.45) is 0. The van der Waals surface area contributed by atoms with Gasteiger partial charge in [-0.15, -0.1) is 5.10 Å². The first kappa shape index (κ1) is 11.8. The maximum Gasteiger partial charge on any atom is 0.0993 e. The summed E-state index contributed by atoms with van der Waals surface area (Å²) in [6, 6.07) is 8.51. The summed E-state index contributed by atoms with van der Waals surface area (Å²) < 4.78 is 1.94. The van der Waals surface area contributed by atoms with E-state index in [9.17, 15) is 0 Å². The van der Waals surface area contributed by atoms with Gasteiger partial charge in [-0.25, -0.2) is 4.68 Å². The molecule has 0 amide bonds. The largest absolute Gasteiger partial charge is 0.314 e. The predicted molar refractivity (Wildman–Crippen MR) is 67.8 cm³/mol. The van der Waals surface area contributed by atoms with Gasteiger partial charge in [-0.2, -0.15) is 0 Å².